The first-order valence-electron chi connectivity index (χ1n) is 9.52. The molecule has 2 aromatic carbocycles. The number of hydrogen-bond donors (Lipinski definition) is 1. The van der Waals surface area contributed by atoms with Gasteiger partial charge in [-0.2, -0.15) is 0 Å². The van der Waals surface area contributed by atoms with E-state index in [-0.39, 0.29) is 5.92 Å². The summed E-state index contributed by atoms with van der Waals surface area (Å²) in [5.41, 5.74) is 5.44. The monoisotopic (exact) mass is 347 g/mol. The highest BCUT2D eigenvalue weighted by Gasteiger charge is 2.35. The molecule has 2 fully saturated rings. The van der Waals surface area contributed by atoms with Crippen LogP contribution < -0.4 is 0 Å². The van der Waals surface area contributed by atoms with Gasteiger partial charge in [0.25, 0.3) is 0 Å². The molecule has 2 aliphatic rings. The third-order valence-electron chi connectivity index (χ3n) is 5.83. The van der Waals surface area contributed by atoms with Gasteiger partial charge in [-0.25, -0.2) is 0 Å². The minimum absolute atomic E-state index is 0.195. The highest BCUT2D eigenvalue weighted by Crippen LogP contribution is 2.37. The van der Waals surface area contributed by atoms with E-state index in [1.54, 1.807) is 0 Å². The minimum Gasteiger partial charge on any atom is -0.481 e. The molecule has 0 aromatic heterocycles. The van der Waals surface area contributed by atoms with Crippen molar-refractivity contribution in [2.24, 2.45) is 5.92 Å². The third kappa shape index (κ3) is 3.45. The first-order valence-corrected chi connectivity index (χ1v) is 9.52. The van der Waals surface area contributed by atoms with Crippen LogP contribution in [0, 0.1) is 5.92 Å². The standard InChI is InChI=1S/C23H25NO2/c25-23(26)20-11-12-21-15-19(13-14-24(21)16-20)22(17-7-3-1-4-8-17)18-9-5-2-6-10-18/h1-10,20-21H,11-16H2,(H,25,26)/t20-,21?/m0/s1. The van der Waals surface area contributed by atoms with Crippen molar-refractivity contribution < 1.29 is 9.90 Å². The average molecular weight is 347 g/mol. The Bertz CT molecular complexity index is 756. The molecule has 0 spiro atoms. The zero-order valence-corrected chi connectivity index (χ0v) is 15.0. The average Bonchev–Trinajstić information content (AvgIpc) is 2.69. The van der Waals surface area contributed by atoms with Crippen LogP contribution in [0.4, 0.5) is 0 Å². The number of carboxylic acid groups (broad SMARTS) is 1. The number of hydrogen-bond acceptors (Lipinski definition) is 2. The van der Waals surface area contributed by atoms with Gasteiger partial charge in [-0.1, -0.05) is 66.2 Å². The number of carbonyl (C=O) groups is 1. The predicted molar refractivity (Wildman–Crippen MR) is 104 cm³/mol. The molecule has 2 atom stereocenters. The third-order valence-corrected chi connectivity index (χ3v) is 5.83. The van der Waals surface area contributed by atoms with E-state index in [4.69, 9.17) is 0 Å². The Balaban J connectivity index is 1.66. The Morgan fingerprint density at radius 1 is 0.923 bits per heavy atom. The molecule has 0 bridgehead atoms. The number of rotatable bonds is 3. The molecule has 0 radical (unpaired) electrons. The fourth-order valence-corrected chi connectivity index (χ4v) is 4.48. The van der Waals surface area contributed by atoms with Crippen LogP contribution in [-0.2, 0) is 4.79 Å². The molecule has 2 aromatic rings. The van der Waals surface area contributed by atoms with E-state index in [0.717, 1.165) is 32.2 Å². The smallest absolute Gasteiger partial charge is 0.307 e. The summed E-state index contributed by atoms with van der Waals surface area (Å²) >= 11 is 0. The Morgan fingerprint density at radius 3 is 2.12 bits per heavy atom. The van der Waals surface area contributed by atoms with E-state index < -0.39 is 5.97 Å². The Hall–Kier alpha value is -2.39. The minimum atomic E-state index is -0.640. The summed E-state index contributed by atoms with van der Waals surface area (Å²) in [5.74, 6) is -0.835. The molecule has 0 saturated carbocycles. The second-order valence-electron chi connectivity index (χ2n) is 7.43. The number of benzene rings is 2. The maximum absolute atomic E-state index is 11.3. The number of aliphatic carboxylic acids is 1. The van der Waals surface area contributed by atoms with Gasteiger partial charge in [0.2, 0.25) is 0 Å². The van der Waals surface area contributed by atoms with Gasteiger partial charge in [-0.3, -0.25) is 9.69 Å². The lowest BCUT2D eigenvalue weighted by Gasteiger charge is -2.43. The van der Waals surface area contributed by atoms with Crippen molar-refractivity contribution in [1.29, 1.82) is 0 Å². The van der Waals surface area contributed by atoms with Gasteiger partial charge in [0, 0.05) is 19.1 Å². The Kier molecular flexibility index (Phi) is 4.89. The topological polar surface area (TPSA) is 40.5 Å². The summed E-state index contributed by atoms with van der Waals surface area (Å²) in [5, 5.41) is 9.33. The number of carboxylic acids is 1. The lowest BCUT2D eigenvalue weighted by molar-refractivity contribution is -0.144. The first-order chi connectivity index (χ1) is 12.7. The largest absolute Gasteiger partial charge is 0.481 e. The van der Waals surface area contributed by atoms with Crippen molar-refractivity contribution >= 4 is 11.5 Å². The van der Waals surface area contributed by atoms with E-state index in [1.165, 1.54) is 22.3 Å². The molecule has 0 aliphatic carbocycles. The second kappa shape index (κ2) is 7.46. The molecule has 1 N–H and O–H groups in total. The van der Waals surface area contributed by atoms with Gasteiger partial charge < -0.3 is 5.11 Å². The van der Waals surface area contributed by atoms with Crippen LogP contribution in [0.15, 0.2) is 66.2 Å². The van der Waals surface area contributed by atoms with E-state index in [0.29, 0.717) is 12.6 Å². The molecule has 2 aliphatic heterocycles. The van der Waals surface area contributed by atoms with Gasteiger partial charge in [-0.15, -0.1) is 0 Å². The van der Waals surface area contributed by atoms with Crippen molar-refractivity contribution in [1.82, 2.24) is 4.90 Å². The summed E-state index contributed by atoms with van der Waals surface area (Å²) in [6.07, 6.45) is 3.85. The normalized spacial score (nSPS) is 23.3. The molecule has 3 nitrogen and oxygen atoms in total. The van der Waals surface area contributed by atoms with Gasteiger partial charge in [0.1, 0.15) is 0 Å². The van der Waals surface area contributed by atoms with Crippen LogP contribution in [0.3, 0.4) is 0 Å². The maximum atomic E-state index is 11.3. The fraction of sp³-hybridized carbons (Fsp3) is 0.348. The van der Waals surface area contributed by atoms with Crippen molar-refractivity contribution in [3.05, 3.63) is 77.4 Å². The lowest BCUT2D eigenvalue weighted by Crippen LogP contribution is -2.48. The lowest BCUT2D eigenvalue weighted by atomic mass is 9.81. The van der Waals surface area contributed by atoms with Gasteiger partial charge >= 0.3 is 5.97 Å². The summed E-state index contributed by atoms with van der Waals surface area (Å²) in [6.45, 7) is 1.67. The van der Waals surface area contributed by atoms with Crippen LogP contribution in [0.25, 0.3) is 5.57 Å². The molecular formula is C23H25NO2. The summed E-state index contributed by atoms with van der Waals surface area (Å²) < 4.78 is 0. The van der Waals surface area contributed by atoms with E-state index in [2.05, 4.69) is 65.6 Å². The molecular weight excluding hydrogens is 322 g/mol. The van der Waals surface area contributed by atoms with Gasteiger partial charge in [0.05, 0.1) is 5.92 Å². The highest BCUT2D eigenvalue weighted by molar-refractivity contribution is 5.82. The first kappa shape index (κ1) is 17.0. The molecule has 1 unspecified atom stereocenters. The molecule has 0 amide bonds. The van der Waals surface area contributed by atoms with Crippen molar-refractivity contribution in [2.75, 3.05) is 13.1 Å². The summed E-state index contributed by atoms with van der Waals surface area (Å²) in [6, 6.07) is 21.8. The van der Waals surface area contributed by atoms with E-state index in [1.807, 2.05) is 0 Å². The number of piperidine rings is 2. The van der Waals surface area contributed by atoms with Crippen molar-refractivity contribution in [2.45, 2.75) is 31.7 Å². The van der Waals surface area contributed by atoms with E-state index in [9.17, 15) is 9.90 Å². The summed E-state index contributed by atoms with van der Waals surface area (Å²) in [4.78, 5) is 13.7. The van der Waals surface area contributed by atoms with E-state index >= 15 is 0 Å². The van der Waals surface area contributed by atoms with Gasteiger partial charge in [-0.05, 0) is 42.4 Å². The van der Waals surface area contributed by atoms with Gasteiger partial charge in [0.15, 0.2) is 0 Å². The van der Waals surface area contributed by atoms with Crippen LogP contribution in [0.2, 0.25) is 0 Å². The van der Waals surface area contributed by atoms with Crippen LogP contribution in [0.5, 0.6) is 0 Å². The molecule has 2 saturated heterocycles. The zero-order valence-electron chi connectivity index (χ0n) is 15.0. The molecule has 2 heterocycles. The van der Waals surface area contributed by atoms with Crippen LogP contribution >= 0.6 is 0 Å². The number of nitrogens with zero attached hydrogens (tertiary/aromatic N) is 1. The molecule has 4 rings (SSSR count). The molecule has 134 valence electrons. The predicted octanol–water partition coefficient (Wildman–Crippen LogP) is 4.45. The van der Waals surface area contributed by atoms with Crippen LogP contribution in [0.1, 0.15) is 36.8 Å². The second-order valence-corrected chi connectivity index (χ2v) is 7.43. The summed E-state index contributed by atoms with van der Waals surface area (Å²) in [7, 11) is 0. The fourth-order valence-electron chi connectivity index (χ4n) is 4.48. The molecule has 26 heavy (non-hydrogen) atoms. The number of fused-ring (bicyclic) bond motifs is 1. The Labute approximate surface area is 155 Å². The van der Waals surface area contributed by atoms with Crippen molar-refractivity contribution in [3.8, 4) is 0 Å². The van der Waals surface area contributed by atoms with Crippen LogP contribution in [-0.4, -0.2) is 35.1 Å². The SMILES string of the molecule is O=C(O)[C@H]1CCC2CC(=C(c3ccccc3)c3ccccc3)CCN2C1. The van der Waals surface area contributed by atoms with Crippen molar-refractivity contribution in [3.63, 3.8) is 0 Å². The zero-order chi connectivity index (χ0) is 17.9. The molecule has 3 heteroatoms. The maximum Gasteiger partial charge on any atom is 0.307 e. The quantitative estimate of drug-likeness (QED) is 0.892. The Morgan fingerprint density at radius 2 is 1.54 bits per heavy atom. The highest BCUT2D eigenvalue weighted by atomic mass is 16.4.